The van der Waals surface area contributed by atoms with E-state index in [0.29, 0.717) is 29.7 Å². The Balaban J connectivity index is 1.87. The summed E-state index contributed by atoms with van der Waals surface area (Å²) in [6, 6.07) is 18.6. The van der Waals surface area contributed by atoms with Crippen LogP contribution in [0.1, 0.15) is 25.8 Å². The highest BCUT2D eigenvalue weighted by atomic mass is 19.2. The third-order valence-corrected chi connectivity index (χ3v) is 4.38. The van der Waals surface area contributed by atoms with E-state index in [2.05, 4.69) is 0 Å². The number of ether oxygens (including phenoxy) is 1. The quantitative estimate of drug-likeness (QED) is 0.482. The van der Waals surface area contributed by atoms with Gasteiger partial charge in [-0.2, -0.15) is 0 Å². The molecule has 0 unspecified atom stereocenters. The Hall–Kier alpha value is -2.68. The molecule has 0 fully saturated rings. The first-order valence-electron chi connectivity index (χ1n) is 8.94. The van der Waals surface area contributed by atoms with Crippen LogP contribution in [0.5, 0.6) is 5.75 Å². The lowest BCUT2D eigenvalue weighted by atomic mass is 9.98. The van der Waals surface area contributed by atoms with Gasteiger partial charge in [0.2, 0.25) is 0 Å². The van der Waals surface area contributed by atoms with Gasteiger partial charge in [0.15, 0.2) is 11.6 Å². The van der Waals surface area contributed by atoms with Crippen LogP contribution in [0.3, 0.4) is 0 Å². The van der Waals surface area contributed by atoms with Gasteiger partial charge in [0.25, 0.3) is 0 Å². The minimum atomic E-state index is -0.773. The predicted octanol–water partition coefficient (Wildman–Crippen LogP) is 6.65. The molecular formula is C23H22F2O. The summed E-state index contributed by atoms with van der Waals surface area (Å²) in [6.45, 7) is 4.53. The second-order valence-electron chi connectivity index (χ2n) is 6.18. The normalized spacial score (nSPS) is 10.8. The smallest absolute Gasteiger partial charge is 0.166 e. The van der Waals surface area contributed by atoms with Crippen LogP contribution >= 0.6 is 0 Å². The summed E-state index contributed by atoms with van der Waals surface area (Å²) in [5.74, 6) is -0.678. The van der Waals surface area contributed by atoms with Crippen LogP contribution in [0.4, 0.5) is 8.78 Å². The molecule has 0 saturated carbocycles. The zero-order valence-electron chi connectivity index (χ0n) is 15.1. The largest absolute Gasteiger partial charge is 0.494 e. The van der Waals surface area contributed by atoms with E-state index in [4.69, 9.17) is 4.74 Å². The minimum absolute atomic E-state index is 0.292. The number of rotatable bonds is 6. The number of benzene rings is 3. The van der Waals surface area contributed by atoms with E-state index in [9.17, 15) is 8.78 Å². The Morgan fingerprint density at radius 2 is 1.27 bits per heavy atom. The fourth-order valence-corrected chi connectivity index (χ4v) is 3.03. The van der Waals surface area contributed by atoms with Crippen molar-refractivity contribution in [1.29, 1.82) is 0 Å². The van der Waals surface area contributed by atoms with Gasteiger partial charge in [-0.25, -0.2) is 8.78 Å². The van der Waals surface area contributed by atoms with Crippen molar-refractivity contribution in [2.75, 3.05) is 6.61 Å². The standard InChI is InChI=1S/C23H22F2O/c1-3-5-19-12-15-21(23(25)22(19)24)18-8-6-16(7-9-18)17-10-13-20(14-11-17)26-4-2/h6-15H,3-5H2,1-2H3. The number of hydrogen-bond donors (Lipinski definition) is 0. The lowest BCUT2D eigenvalue weighted by Gasteiger charge is -2.10. The van der Waals surface area contributed by atoms with Gasteiger partial charge >= 0.3 is 0 Å². The molecule has 3 heteroatoms. The van der Waals surface area contributed by atoms with Crippen molar-refractivity contribution in [2.24, 2.45) is 0 Å². The fourth-order valence-electron chi connectivity index (χ4n) is 3.03. The van der Waals surface area contributed by atoms with Gasteiger partial charge in [-0.3, -0.25) is 0 Å². The van der Waals surface area contributed by atoms with E-state index < -0.39 is 11.6 Å². The molecule has 0 amide bonds. The molecule has 0 radical (unpaired) electrons. The molecule has 3 aromatic rings. The highest BCUT2D eigenvalue weighted by Crippen LogP contribution is 2.30. The zero-order chi connectivity index (χ0) is 18.5. The van der Waals surface area contributed by atoms with E-state index in [1.807, 2.05) is 62.4 Å². The highest BCUT2D eigenvalue weighted by Gasteiger charge is 2.14. The van der Waals surface area contributed by atoms with Gasteiger partial charge < -0.3 is 4.74 Å². The Labute approximate surface area is 153 Å². The third-order valence-electron chi connectivity index (χ3n) is 4.38. The van der Waals surface area contributed by atoms with Crippen molar-refractivity contribution >= 4 is 0 Å². The summed E-state index contributed by atoms with van der Waals surface area (Å²) in [5, 5.41) is 0. The van der Waals surface area contributed by atoms with Crippen LogP contribution in [0.2, 0.25) is 0 Å². The average molecular weight is 352 g/mol. The molecule has 0 aliphatic heterocycles. The average Bonchev–Trinajstić information content (AvgIpc) is 2.67. The molecule has 134 valence electrons. The molecule has 0 aromatic heterocycles. The van der Waals surface area contributed by atoms with Crippen LogP contribution in [0.15, 0.2) is 60.7 Å². The number of halogens is 2. The molecule has 0 aliphatic carbocycles. The zero-order valence-corrected chi connectivity index (χ0v) is 15.1. The maximum atomic E-state index is 14.4. The summed E-state index contributed by atoms with van der Waals surface area (Å²) in [6.07, 6.45) is 1.33. The van der Waals surface area contributed by atoms with Gasteiger partial charge in [-0.15, -0.1) is 0 Å². The summed E-state index contributed by atoms with van der Waals surface area (Å²) < 4.78 is 34.1. The summed E-state index contributed by atoms with van der Waals surface area (Å²) >= 11 is 0. The van der Waals surface area contributed by atoms with E-state index in [-0.39, 0.29) is 0 Å². The first-order chi connectivity index (χ1) is 12.6. The second-order valence-corrected chi connectivity index (χ2v) is 6.18. The van der Waals surface area contributed by atoms with Crippen molar-refractivity contribution < 1.29 is 13.5 Å². The van der Waals surface area contributed by atoms with Crippen LogP contribution in [0.25, 0.3) is 22.3 Å². The van der Waals surface area contributed by atoms with Crippen molar-refractivity contribution in [3.63, 3.8) is 0 Å². The fraction of sp³-hybridized carbons (Fsp3) is 0.217. The summed E-state index contributed by atoms with van der Waals surface area (Å²) in [4.78, 5) is 0. The number of aryl methyl sites for hydroxylation is 1. The first-order valence-corrected chi connectivity index (χ1v) is 8.94. The molecule has 1 nitrogen and oxygen atoms in total. The van der Waals surface area contributed by atoms with Crippen molar-refractivity contribution in [3.05, 3.63) is 77.9 Å². The monoisotopic (exact) mass is 352 g/mol. The Morgan fingerprint density at radius 1 is 0.692 bits per heavy atom. The van der Waals surface area contributed by atoms with Crippen LogP contribution in [-0.2, 0) is 6.42 Å². The Kier molecular flexibility index (Phi) is 5.67. The molecule has 3 rings (SSSR count). The molecule has 0 N–H and O–H groups in total. The maximum Gasteiger partial charge on any atom is 0.166 e. The lowest BCUT2D eigenvalue weighted by molar-refractivity contribution is 0.340. The molecule has 0 bridgehead atoms. The van der Waals surface area contributed by atoms with Gasteiger partial charge in [-0.05, 0) is 47.7 Å². The summed E-state index contributed by atoms with van der Waals surface area (Å²) in [7, 11) is 0. The molecular weight excluding hydrogens is 330 g/mol. The summed E-state index contributed by atoms with van der Waals surface area (Å²) in [5.41, 5.74) is 3.45. The second kappa shape index (κ2) is 8.13. The highest BCUT2D eigenvalue weighted by molar-refractivity contribution is 5.71. The topological polar surface area (TPSA) is 9.23 Å². The van der Waals surface area contributed by atoms with Gasteiger partial charge in [-0.1, -0.05) is 61.9 Å². The minimum Gasteiger partial charge on any atom is -0.494 e. The van der Waals surface area contributed by atoms with E-state index in [1.54, 1.807) is 12.1 Å². The Bertz CT molecular complexity index is 868. The predicted molar refractivity (Wildman–Crippen MR) is 102 cm³/mol. The van der Waals surface area contributed by atoms with E-state index in [0.717, 1.165) is 23.3 Å². The van der Waals surface area contributed by atoms with E-state index in [1.165, 1.54) is 0 Å². The van der Waals surface area contributed by atoms with E-state index >= 15 is 0 Å². The molecule has 0 spiro atoms. The van der Waals surface area contributed by atoms with Gasteiger partial charge in [0.1, 0.15) is 5.75 Å². The van der Waals surface area contributed by atoms with Gasteiger partial charge in [0, 0.05) is 5.56 Å². The molecule has 0 aliphatic rings. The lowest BCUT2D eigenvalue weighted by Crippen LogP contribution is -1.97. The molecule has 0 saturated heterocycles. The van der Waals surface area contributed by atoms with Crippen molar-refractivity contribution in [2.45, 2.75) is 26.7 Å². The Morgan fingerprint density at radius 3 is 1.85 bits per heavy atom. The molecule has 0 atom stereocenters. The first kappa shape index (κ1) is 18.1. The SMILES string of the molecule is CCCc1ccc(-c2ccc(-c3ccc(OCC)cc3)cc2)c(F)c1F. The molecule has 0 heterocycles. The van der Waals surface area contributed by atoms with Crippen molar-refractivity contribution in [1.82, 2.24) is 0 Å². The van der Waals surface area contributed by atoms with Crippen LogP contribution in [0, 0.1) is 11.6 Å². The molecule has 3 aromatic carbocycles. The van der Waals surface area contributed by atoms with Crippen LogP contribution in [-0.4, -0.2) is 6.61 Å². The number of hydrogen-bond acceptors (Lipinski definition) is 1. The third kappa shape index (κ3) is 3.77. The maximum absolute atomic E-state index is 14.4. The van der Waals surface area contributed by atoms with Gasteiger partial charge in [0.05, 0.1) is 6.61 Å². The molecule has 26 heavy (non-hydrogen) atoms. The van der Waals surface area contributed by atoms with Crippen molar-refractivity contribution in [3.8, 4) is 28.0 Å². The van der Waals surface area contributed by atoms with Crippen LogP contribution < -0.4 is 4.74 Å².